The molecule has 1 amide bonds. The molecule has 0 radical (unpaired) electrons. The molecule has 0 heterocycles. The number of benzene rings is 1. The van der Waals surface area contributed by atoms with Gasteiger partial charge >= 0.3 is 6.18 Å². The summed E-state index contributed by atoms with van der Waals surface area (Å²) >= 11 is 0. The van der Waals surface area contributed by atoms with Crippen LogP contribution in [0.5, 0.6) is 0 Å². The summed E-state index contributed by atoms with van der Waals surface area (Å²) in [5.41, 5.74) is -0.516. The molecule has 0 saturated heterocycles. The van der Waals surface area contributed by atoms with Gasteiger partial charge in [0.1, 0.15) is 0 Å². The number of likely N-dealkylation sites (N-methyl/N-ethyl adjacent to an activating group) is 1. The summed E-state index contributed by atoms with van der Waals surface area (Å²) in [6, 6.07) is 5.36. The summed E-state index contributed by atoms with van der Waals surface area (Å²) in [5.74, 6) is -0.253. The number of nitrogens with one attached hydrogen (secondary N) is 1. The third-order valence-corrected chi connectivity index (χ3v) is 2.62. The lowest BCUT2D eigenvalue weighted by Crippen LogP contribution is -2.35. The summed E-state index contributed by atoms with van der Waals surface area (Å²) in [5, 5.41) is 2.57. The van der Waals surface area contributed by atoms with Crippen LogP contribution in [0.4, 0.5) is 13.2 Å². The zero-order valence-electron chi connectivity index (χ0n) is 11.2. The predicted molar refractivity (Wildman–Crippen MR) is 71.0 cm³/mol. The highest BCUT2D eigenvalue weighted by atomic mass is 19.4. The highest BCUT2D eigenvalue weighted by molar-refractivity contribution is 5.78. The van der Waals surface area contributed by atoms with E-state index in [-0.39, 0.29) is 24.6 Å². The Morgan fingerprint density at radius 3 is 2.65 bits per heavy atom. The molecule has 0 aromatic heterocycles. The van der Waals surface area contributed by atoms with Crippen molar-refractivity contribution in [2.24, 2.45) is 0 Å². The van der Waals surface area contributed by atoms with Crippen molar-refractivity contribution in [3.8, 4) is 0 Å². The molecule has 0 aliphatic rings. The van der Waals surface area contributed by atoms with Gasteiger partial charge in [-0.1, -0.05) is 24.3 Å². The minimum Gasteiger partial charge on any atom is -0.352 e. The molecule has 6 heteroatoms. The van der Waals surface area contributed by atoms with Crippen LogP contribution in [0, 0.1) is 0 Å². The second-order valence-corrected chi connectivity index (χ2v) is 4.42. The standard InChI is InChI=1S/C14H17F3N2O/c1-3-8-18-13(20)10-19(2)9-11-6-4-5-7-12(11)14(15,16)17/h3-7H,1,8-10H2,2H3,(H,18,20). The Morgan fingerprint density at radius 2 is 2.05 bits per heavy atom. The lowest BCUT2D eigenvalue weighted by atomic mass is 10.1. The number of rotatable bonds is 6. The summed E-state index contributed by atoms with van der Waals surface area (Å²) in [6.07, 6.45) is -2.85. The molecule has 20 heavy (non-hydrogen) atoms. The lowest BCUT2D eigenvalue weighted by Gasteiger charge is -2.19. The smallest absolute Gasteiger partial charge is 0.352 e. The summed E-state index contributed by atoms with van der Waals surface area (Å²) in [7, 11) is 1.60. The summed E-state index contributed by atoms with van der Waals surface area (Å²) in [4.78, 5) is 13.0. The Morgan fingerprint density at radius 1 is 1.40 bits per heavy atom. The van der Waals surface area contributed by atoms with Crippen molar-refractivity contribution in [1.29, 1.82) is 0 Å². The first-order chi connectivity index (χ1) is 9.34. The van der Waals surface area contributed by atoms with E-state index < -0.39 is 11.7 Å². The Hall–Kier alpha value is -1.82. The number of amides is 1. The minimum absolute atomic E-state index is 0.0278. The fraction of sp³-hybridized carbons (Fsp3) is 0.357. The van der Waals surface area contributed by atoms with Crippen molar-refractivity contribution in [2.75, 3.05) is 20.1 Å². The molecule has 110 valence electrons. The van der Waals surface area contributed by atoms with Crippen LogP contribution in [-0.2, 0) is 17.5 Å². The van der Waals surface area contributed by atoms with Gasteiger partial charge in [-0.25, -0.2) is 0 Å². The van der Waals surface area contributed by atoms with Crippen LogP contribution in [0.3, 0.4) is 0 Å². The normalized spacial score (nSPS) is 11.4. The molecule has 0 spiro atoms. The first-order valence-corrected chi connectivity index (χ1v) is 6.06. The second-order valence-electron chi connectivity index (χ2n) is 4.42. The van der Waals surface area contributed by atoms with Gasteiger partial charge in [-0.15, -0.1) is 6.58 Å². The van der Waals surface area contributed by atoms with Gasteiger partial charge in [0, 0.05) is 13.1 Å². The lowest BCUT2D eigenvalue weighted by molar-refractivity contribution is -0.138. The van der Waals surface area contributed by atoms with Gasteiger partial charge in [0.25, 0.3) is 0 Å². The van der Waals surface area contributed by atoms with Crippen molar-refractivity contribution in [2.45, 2.75) is 12.7 Å². The molecule has 1 aromatic rings. The highest BCUT2D eigenvalue weighted by Gasteiger charge is 2.33. The van der Waals surface area contributed by atoms with Gasteiger partial charge in [0.05, 0.1) is 12.1 Å². The number of hydrogen-bond acceptors (Lipinski definition) is 2. The van der Waals surface area contributed by atoms with Crippen LogP contribution in [0.1, 0.15) is 11.1 Å². The van der Waals surface area contributed by atoms with Gasteiger partial charge in [-0.3, -0.25) is 9.69 Å². The maximum absolute atomic E-state index is 12.8. The van der Waals surface area contributed by atoms with Crippen LogP contribution in [-0.4, -0.2) is 30.9 Å². The minimum atomic E-state index is -4.39. The van der Waals surface area contributed by atoms with Crippen LogP contribution in [0.25, 0.3) is 0 Å². The first-order valence-electron chi connectivity index (χ1n) is 6.06. The summed E-state index contributed by atoms with van der Waals surface area (Å²) < 4.78 is 38.5. The van der Waals surface area contributed by atoms with E-state index in [0.29, 0.717) is 6.54 Å². The molecular weight excluding hydrogens is 269 g/mol. The Bertz CT molecular complexity index is 472. The monoisotopic (exact) mass is 286 g/mol. The van der Waals surface area contributed by atoms with E-state index in [1.165, 1.54) is 23.1 Å². The van der Waals surface area contributed by atoms with Crippen molar-refractivity contribution in [3.63, 3.8) is 0 Å². The zero-order valence-corrected chi connectivity index (χ0v) is 11.2. The molecule has 0 fully saturated rings. The topological polar surface area (TPSA) is 32.3 Å². The number of carbonyl (C=O) groups is 1. The van der Waals surface area contributed by atoms with Gasteiger partial charge in [-0.05, 0) is 18.7 Å². The summed E-state index contributed by atoms with van der Waals surface area (Å²) in [6.45, 7) is 3.88. The fourth-order valence-electron chi connectivity index (χ4n) is 1.77. The van der Waals surface area contributed by atoms with Crippen molar-refractivity contribution in [3.05, 3.63) is 48.0 Å². The average Bonchev–Trinajstić information content (AvgIpc) is 2.35. The van der Waals surface area contributed by atoms with Crippen molar-refractivity contribution in [1.82, 2.24) is 10.2 Å². The molecule has 0 bridgehead atoms. The average molecular weight is 286 g/mol. The molecule has 3 nitrogen and oxygen atoms in total. The molecule has 0 aliphatic carbocycles. The number of hydrogen-bond donors (Lipinski definition) is 1. The number of halogens is 3. The maximum atomic E-state index is 12.8. The van der Waals surface area contributed by atoms with Crippen LogP contribution in [0.2, 0.25) is 0 Å². The maximum Gasteiger partial charge on any atom is 0.416 e. The van der Waals surface area contributed by atoms with E-state index in [9.17, 15) is 18.0 Å². The molecule has 1 aromatic carbocycles. The van der Waals surface area contributed by atoms with Crippen molar-refractivity contribution >= 4 is 5.91 Å². The fourth-order valence-corrected chi connectivity index (χ4v) is 1.77. The Balaban J connectivity index is 2.69. The highest BCUT2D eigenvalue weighted by Crippen LogP contribution is 2.32. The third-order valence-electron chi connectivity index (χ3n) is 2.62. The van der Waals surface area contributed by atoms with E-state index in [2.05, 4.69) is 11.9 Å². The SMILES string of the molecule is C=CCNC(=O)CN(C)Cc1ccccc1C(F)(F)F. The predicted octanol–water partition coefficient (Wildman–Crippen LogP) is 2.44. The van der Waals surface area contributed by atoms with Crippen LogP contribution < -0.4 is 5.32 Å². The quantitative estimate of drug-likeness (QED) is 0.815. The zero-order chi connectivity index (χ0) is 15.2. The Kier molecular flexibility index (Phi) is 5.76. The Labute approximate surface area is 116 Å². The second kappa shape index (κ2) is 7.09. The number of alkyl halides is 3. The molecule has 0 unspecified atom stereocenters. The largest absolute Gasteiger partial charge is 0.416 e. The van der Waals surface area contributed by atoms with E-state index in [0.717, 1.165) is 6.07 Å². The molecule has 0 atom stereocenters. The van der Waals surface area contributed by atoms with Crippen LogP contribution in [0.15, 0.2) is 36.9 Å². The molecular formula is C14H17F3N2O. The van der Waals surface area contributed by atoms with Crippen molar-refractivity contribution < 1.29 is 18.0 Å². The van der Waals surface area contributed by atoms with Gasteiger partial charge in [0.15, 0.2) is 0 Å². The molecule has 0 saturated carbocycles. The molecule has 0 aliphatic heterocycles. The van der Waals surface area contributed by atoms with Crippen LogP contribution >= 0.6 is 0 Å². The molecule has 1 N–H and O–H groups in total. The number of carbonyl (C=O) groups excluding carboxylic acids is 1. The van der Waals surface area contributed by atoms with E-state index in [1.54, 1.807) is 13.1 Å². The van der Waals surface area contributed by atoms with Gasteiger partial charge in [-0.2, -0.15) is 13.2 Å². The van der Waals surface area contributed by atoms with Gasteiger partial charge < -0.3 is 5.32 Å². The number of nitrogens with zero attached hydrogens (tertiary/aromatic N) is 1. The van der Waals surface area contributed by atoms with E-state index >= 15 is 0 Å². The first kappa shape index (κ1) is 16.2. The molecule has 1 rings (SSSR count). The third kappa shape index (κ3) is 5.05. The van der Waals surface area contributed by atoms with E-state index in [1.807, 2.05) is 0 Å². The van der Waals surface area contributed by atoms with E-state index in [4.69, 9.17) is 0 Å². The van der Waals surface area contributed by atoms with Gasteiger partial charge in [0.2, 0.25) is 5.91 Å².